The average molecular weight is 338 g/mol. The second-order valence-corrected chi connectivity index (χ2v) is 6.19. The first kappa shape index (κ1) is 16.0. The van der Waals surface area contributed by atoms with Crippen molar-refractivity contribution in [2.75, 3.05) is 14.2 Å². The summed E-state index contributed by atoms with van der Waals surface area (Å²) < 4.78 is 15.8. The largest absolute Gasteiger partial charge is 0.468 e. The molecule has 2 bridgehead atoms. The Morgan fingerprint density at radius 2 is 1.96 bits per heavy atom. The van der Waals surface area contributed by atoms with E-state index in [1.165, 1.54) is 14.2 Å². The molecule has 3 aliphatic heterocycles. The van der Waals surface area contributed by atoms with Gasteiger partial charge in [-0.3, -0.25) is 4.79 Å². The Kier molecular flexibility index (Phi) is 3.50. The summed E-state index contributed by atoms with van der Waals surface area (Å²) in [7, 11) is 2.54. The van der Waals surface area contributed by atoms with Crippen molar-refractivity contribution in [3.63, 3.8) is 0 Å². The minimum absolute atomic E-state index is 0.0755. The summed E-state index contributed by atoms with van der Waals surface area (Å²) >= 11 is 6.35. The fraction of sp³-hybridized carbons (Fsp3) is 0.438. The van der Waals surface area contributed by atoms with Crippen LogP contribution in [-0.4, -0.2) is 37.1 Å². The highest BCUT2D eigenvalue weighted by atomic mass is 35.5. The van der Waals surface area contributed by atoms with Gasteiger partial charge in [0, 0.05) is 19.1 Å². The monoisotopic (exact) mass is 337 g/mol. The van der Waals surface area contributed by atoms with E-state index >= 15 is 0 Å². The Labute approximate surface area is 138 Å². The van der Waals surface area contributed by atoms with Crippen molar-refractivity contribution in [1.82, 2.24) is 0 Å². The molecule has 1 fully saturated rings. The van der Waals surface area contributed by atoms with Gasteiger partial charge in [0.15, 0.2) is 10.8 Å². The van der Waals surface area contributed by atoms with Crippen LogP contribution in [0.4, 0.5) is 0 Å². The fourth-order valence-corrected chi connectivity index (χ4v) is 3.73. The Morgan fingerprint density at radius 3 is 2.52 bits per heavy atom. The van der Waals surface area contributed by atoms with Gasteiger partial charge < -0.3 is 14.2 Å². The molecular formula is C16H16ClNO5. The molecule has 3 atom stereocenters. The van der Waals surface area contributed by atoms with E-state index < -0.39 is 28.7 Å². The summed E-state index contributed by atoms with van der Waals surface area (Å²) in [6.07, 6.45) is 0.0819. The van der Waals surface area contributed by atoms with Crippen molar-refractivity contribution in [1.29, 1.82) is 0 Å². The number of esters is 2. The van der Waals surface area contributed by atoms with Gasteiger partial charge in [0.1, 0.15) is 5.41 Å². The summed E-state index contributed by atoms with van der Waals surface area (Å²) in [4.78, 5) is 29.3. The van der Waals surface area contributed by atoms with Crippen LogP contribution in [0.2, 0.25) is 0 Å². The number of aliphatic imine (C=N–C) groups is 1. The maximum atomic E-state index is 12.6. The highest BCUT2D eigenvalue weighted by Crippen LogP contribution is 2.57. The zero-order valence-corrected chi connectivity index (χ0v) is 13.7. The number of nitrogens with zero attached hydrogens (tertiary/aromatic N) is 1. The van der Waals surface area contributed by atoms with Crippen molar-refractivity contribution in [3.05, 3.63) is 35.9 Å². The highest BCUT2D eigenvalue weighted by Gasteiger charge is 2.73. The number of ether oxygens (including phenoxy) is 3. The van der Waals surface area contributed by atoms with Crippen LogP contribution in [0, 0.1) is 5.41 Å². The molecule has 7 heteroatoms. The lowest BCUT2D eigenvalue weighted by atomic mass is 9.65. The van der Waals surface area contributed by atoms with Gasteiger partial charge in [0.05, 0.1) is 7.11 Å². The predicted octanol–water partition coefficient (Wildman–Crippen LogP) is 2.00. The summed E-state index contributed by atoms with van der Waals surface area (Å²) in [5, 5.41) is 0.0755. The number of rotatable bonds is 3. The van der Waals surface area contributed by atoms with Gasteiger partial charge in [0.2, 0.25) is 0 Å². The summed E-state index contributed by atoms with van der Waals surface area (Å²) in [5.74, 6) is -1.36. The zero-order chi connectivity index (χ0) is 16.9. The van der Waals surface area contributed by atoms with Gasteiger partial charge in [-0.1, -0.05) is 41.9 Å². The molecule has 0 aromatic heterocycles. The zero-order valence-electron chi connectivity index (χ0n) is 13.0. The molecule has 0 N–H and O–H groups in total. The van der Waals surface area contributed by atoms with Gasteiger partial charge in [-0.2, -0.15) is 0 Å². The van der Waals surface area contributed by atoms with E-state index in [1.54, 1.807) is 31.2 Å². The van der Waals surface area contributed by atoms with E-state index in [1.807, 2.05) is 6.07 Å². The average Bonchev–Trinajstić information content (AvgIpc) is 2.57. The molecule has 0 radical (unpaired) electrons. The van der Waals surface area contributed by atoms with Crippen LogP contribution in [0.15, 0.2) is 35.3 Å². The third kappa shape index (κ3) is 1.82. The number of hydrogen-bond donors (Lipinski definition) is 0. The molecule has 6 nitrogen and oxygen atoms in total. The summed E-state index contributed by atoms with van der Waals surface area (Å²) in [5.41, 5.74) is -3.88. The molecule has 0 amide bonds. The molecular weight excluding hydrogens is 322 g/mol. The van der Waals surface area contributed by atoms with Crippen LogP contribution in [0.5, 0.6) is 0 Å². The molecule has 1 saturated heterocycles. The molecule has 0 spiro atoms. The summed E-state index contributed by atoms with van der Waals surface area (Å²) in [6.45, 7) is 1.58. The second kappa shape index (κ2) is 5.04. The van der Waals surface area contributed by atoms with E-state index in [4.69, 9.17) is 25.8 Å². The predicted molar refractivity (Wildman–Crippen MR) is 82.0 cm³/mol. The fourth-order valence-electron chi connectivity index (χ4n) is 3.40. The van der Waals surface area contributed by atoms with Gasteiger partial charge in [0.25, 0.3) is 5.72 Å². The Bertz CT molecular complexity index is 706. The van der Waals surface area contributed by atoms with E-state index in [-0.39, 0.29) is 11.6 Å². The molecule has 23 heavy (non-hydrogen) atoms. The van der Waals surface area contributed by atoms with Crippen LogP contribution in [0.1, 0.15) is 18.9 Å². The number of benzene rings is 1. The van der Waals surface area contributed by atoms with E-state index in [0.717, 1.165) is 0 Å². The highest BCUT2D eigenvalue weighted by molar-refractivity contribution is 6.67. The number of halogens is 1. The Hall–Kier alpha value is -1.92. The Balaban J connectivity index is 2.27. The maximum Gasteiger partial charge on any atom is 0.364 e. The van der Waals surface area contributed by atoms with Gasteiger partial charge in [-0.25, -0.2) is 9.79 Å². The minimum Gasteiger partial charge on any atom is -0.468 e. The van der Waals surface area contributed by atoms with Crippen molar-refractivity contribution in [2.45, 2.75) is 24.7 Å². The SMILES string of the molecule is COC(=O)[C@@]1(C)C[C@]2(c3ccccc3)OC(=O)[C@@]1(OC)N=C2Cl. The van der Waals surface area contributed by atoms with Crippen molar-refractivity contribution in [3.8, 4) is 0 Å². The van der Waals surface area contributed by atoms with Crippen LogP contribution in [0.3, 0.4) is 0 Å². The molecule has 0 saturated carbocycles. The van der Waals surface area contributed by atoms with Gasteiger partial charge >= 0.3 is 11.9 Å². The quantitative estimate of drug-likeness (QED) is 0.789. The molecule has 3 aliphatic rings. The summed E-state index contributed by atoms with van der Waals surface area (Å²) in [6, 6.07) is 8.97. The molecule has 1 aromatic rings. The first-order valence-corrected chi connectivity index (χ1v) is 7.42. The van der Waals surface area contributed by atoms with Crippen LogP contribution in [-0.2, 0) is 29.4 Å². The smallest absolute Gasteiger partial charge is 0.364 e. The molecule has 1 aromatic carbocycles. The first-order valence-electron chi connectivity index (χ1n) is 7.05. The standard InChI is InChI=1S/C16H16ClNO5/c1-14(12(19)21-2)9-15(10-7-5-4-6-8-10)11(17)18-16(14,22-3)13(20)23-15/h4-8H,9H2,1-3H3/t14-,15-,16+/m1/s1. The molecule has 3 heterocycles. The van der Waals surface area contributed by atoms with E-state index in [0.29, 0.717) is 5.56 Å². The molecule has 0 unspecified atom stereocenters. The number of methoxy groups -OCH3 is 2. The van der Waals surface area contributed by atoms with E-state index in [9.17, 15) is 9.59 Å². The van der Waals surface area contributed by atoms with Gasteiger partial charge in [-0.05, 0) is 6.92 Å². The third-order valence-corrected chi connectivity index (χ3v) is 5.04. The molecule has 0 aliphatic carbocycles. The Morgan fingerprint density at radius 1 is 1.30 bits per heavy atom. The normalized spacial score (nSPS) is 35.5. The lowest BCUT2D eigenvalue weighted by Gasteiger charge is -2.54. The minimum atomic E-state index is -1.84. The first-order chi connectivity index (χ1) is 10.9. The lowest BCUT2D eigenvalue weighted by Crippen LogP contribution is -2.70. The number of carbonyl (C=O) groups excluding carboxylic acids is 2. The van der Waals surface area contributed by atoms with Gasteiger partial charge in [-0.15, -0.1) is 0 Å². The third-order valence-electron chi connectivity index (χ3n) is 4.65. The van der Waals surface area contributed by atoms with Crippen molar-refractivity contribution < 1.29 is 23.8 Å². The van der Waals surface area contributed by atoms with Crippen LogP contribution in [0.25, 0.3) is 0 Å². The number of fused-ring (bicyclic) bond motifs is 2. The number of carbonyl (C=O) groups is 2. The van der Waals surface area contributed by atoms with Crippen molar-refractivity contribution >= 4 is 28.7 Å². The molecule has 122 valence electrons. The topological polar surface area (TPSA) is 74.2 Å². The lowest BCUT2D eigenvalue weighted by molar-refractivity contribution is -0.235. The van der Waals surface area contributed by atoms with Crippen molar-refractivity contribution in [2.24, 2.45) is 10.4 Å². The van der Waals surface area contributed by atoms with E-state index in [2.05, 4.69) is 4.99 Å². The maximum absolute atomic E-state index is 12.6. The molecule has 4 rings (SSSR count). The van der Waals surface area contributed by atoms with Crippen LogP contribution >= 0.6 is 11.6 Å². The van der Waals surface area contributed by atoms with Crippen LogP contribution < -0.4 is 0 Å². The number of hydrogen-bond acceptors (Lipinski definition) is 6. The second-order valence-electron chi connectivity index (χ2n) is 5.83.